The lowest BCUT2D eigenvalue weighted by atomic mass is 10.2. The van der Waals surface area contributed by atoms with Gasteiger partial charge in [0.1, 0.15) is 0 Å². The number of aromatic nitrogens is 2. The minimum Gasteiger partial charge on any atom is -0.380 e. The second-order valence-electron chi connectivity index (χ2n) is 3.88. The summed E-state index contributed by atoms with van der Waals surface area (Å²) in [6, 6.07) is 6.68. The fraction of sp³-hybridized carbons (Fsp3) is 0.364. The summed E-state index contributed by atoms with van der Waals surface area (Å²) in [4.78, 5) is 0. The quantitative estimate of drug-likeness (QED) is 0.782. The Balaban J connectivity index is 1.84. The number of fused-ring (bicyclic) bond motifs is 1. The zero-order chi connectivity index (χ0) is 10.1. The van der Waals surface area contributed by atoms with Gasteiger partial charge in [0.15, 0.2) is 0 Å². The Hall–Kier alpha value is -1.55. The van der Waals surface area contributed by atoms with Crippen LogP contribution >= 0.6 is 0 Å². The monoisotopic (exact) mass is 203 g/mol. The smallest absolute Gasteiger partial charge is 0.0670 e. The molecule has 0 amide bonds. The van der Waals surface area contributed by atoms with E-state index in [0.29, 0.717) is 6.04 Å². The largest absolute Gasteiger partial charge is 0.380 e. The number of anilines is 1. The number of benzene rings is 1. The summed E-state index contributed by atoms with van der Waals surface area (Å²) in [7, 11) is 0. The molecule has 78 valence electrons. The van der Waals surface area contributed by atoms with Crippen molar-refractivity contribution in [1.29, 1.82) is 0 Å². The maximum Gasteiger partial charge on any atom is 0.0670 e. The van der Waals surface area contributed by atoms with Crippen molar-refractivity contribution in [2.45, 2.75) is 12.5 Å². The van der Waals surface area contributed by atoms with E-state index < -0.39 is 0 Å². The van der Waals surface area contributed by atoms with Crippen molar-refractivity contribution in [3.63, 3.8) is 0 Å². The lowest BCUT2D eigenvalue weighted by molar-refractivity contribution is 0.195. The molecular weight excluding hydrogens is 190 g/mol. The molecular formula is C11H13N3O. The number of H-pyrrole nitrogens is 1. The number of nitrogens with one attached hydrogen (secondary N) is 2. The summed E-state index contributed by atoms with van der Waals surface area (Å²) in [5, 5.41) is 11.6. The first-order valence-corrected chi connectivity index (χ1v) is 5.19. The summed E-state index contributed by atoms with van der Waals surface area (Å²) in [5.41, 5.74) is 2.20. The Kier molecular flexibility index (Phi) is 2.07. The Morgan fingerprint density at radius 3 is 3.33 bits per heavy atom. The van der Waals surface area contributed by atoms with Gasteiger partial charge in [-0.3, -0.25) is 5.10 Å². The van der Waals surface area contributed by atoms with Gasteiger partial charge in [0, 0.05) is 17.7 Å². The maximum absolute atomic E-state index is 5.32. The molecule has 1 saturated heterocycles. The molecule has 4 heteroatoms. The minimum absolute atomic E-state index is 0.449. The van der Waals surface area contributed by atoms with Crippen LogP contribution in [0.1, 0.15) is 6.42 Å². The van der Waals surface area contributed by atoms with Crippen LogP contribution in [0.25, 0.3) is 10.9 Å². The van der Waals surface area contributed by atoms with Gasteiger partial charge in [0.25, 0.3) is 0 Å². The summed E-state index contributed by atoms with van der Waals surface area (Å²) >= 11 is 0. The van der Waals surface area contributed by atoms with Crippen LogP contribution in [0.2, 0.25) is 0 Å². The lowest BCUT2D eigenvalue weighted by Crippen LogP contribution is -2.18. The van der Waals surface area contributed by atoms with Crippen LogP contribution in [0.15, 0.2) is 24.4 Å². The van der Waals surface area contributed by atoms with E-state index in [0.717, 1.165) is 36.2 Å². The molecule has 1 fully saturated rings. The van der Waals surface area contributed by atoms with E-state index >= 15 is 0 Å². The van der Waals surface area contributed by atoms with Crippen LogP contribution in [0.4, 0.5) is 5.69 Å². The van der Waals surface area contributed by atoms with Crippen molar-refractivity contribution in [3.05, 3.63) is 24.4 Å². The van der Waals surface area contributed by atoms with Crippen LogP contribution in [0, 0.1) is 0 Å². The Labute approximate surface area is 87.6 Å². The zero-order valence-corrected chi connectivity index (χ0v) is 8.36. The molecule has 2 N–H and O–H groups in total. The van der Waals surface area contributed by atoms with Crippen LogP contribution in [-0.4, -0.2) is 29.5 Å². The SMILES string of the molecule is c1cc2cn[nH]c2cc1NC1CCOC1. The third-order valence-corrected chi connectivity index (χ3v) is 2.74. The summed E-state index contributed by atoms with van der Waals surface area (Å²) in [6.45, 7) is 1.67. The van der Waals surface area contributed by atoms with Gasteiger partial charge in [-0.05, 0) is 24.6 Å². The molecule has 0 saturated carbocycles. The molecule has 1 unspecified atom stereocenters. The molecule has 1 atom stereocenters. The molecule has 2 heterocycles. The van der Waals surface area contributed by atoms with Gasteiger partial charge in [-0.25, -0.2) is 0 Å². The van der Waals surface area contributed by atoms with E-state index in [2.05, 4.69) is 33.7 Å². The number of ether oxygens (including phenoxy) is 1. The van der Waals surface area contributed by atoms with E-state index in [-0.39, 0.29) is 0 Å². The van der Waals surface area contributed by atoms with E-state index in [4.69, 9.17) is 4.74 Å². The van der Waals surface area contributed by atoms with E-state index in [1.54, 1.807) is 0 Å². The zero-order valence-electron chi connectivity index (χ0n) is 8.36. The van der Waals surface area contributed by atoms with Crippen LogP contribution in [0.5, 0.6) is 0 Å². The van der Waals surface area contributed by atoms with Gasteiger partial charge in [-0.2, -0.15) is 5.10 Å². The highest BCUT2D eigenvalue weighted by atomic mass is 16.5. The number of nitrogens with zero attached hydrogens (tertiary/aromatic N) is 1. The lowest BCUT2D eigenvalue weighted by Gasteiger charge is -2.11. The molecule has 15 heavy (non-hydrogen) atoms. The van der Waals surface area contributed by atoms with Crippen molar-refractivity contribution >= 4 is 16.6 Å². The van der Waals surface area contributed by atoms with Gasteiger partial charge in [-0.1, -0.05) is 0 Å². The van der Waals surface area contributed by atoms with Crippen LogP contribution in [0.3, 0.4) is 0 Å². The van der Waals surface area contributed by atoms with Gasteiger partial charge in [-0.15, -0.1) is 0 Å². The molecule has 1 aromatic carbocycles. The van der Waals surface area contributed by atoms with E-state index in [1.807, 2.05) is 6.20 Å². The summed E-state index contributed by atoms with van der Waals surface area (Å²) in [5.74, 6) is 0. The number of aromatic amines is 1. The van der Waals surface area contributed by atoms with Crippen LogP contribution in [-0.2, 0) is 4.74 Å². The van der Waals surface area contributed by atoms with Gasteiger partial charge >= 0.3 is 0 Å². The predicted molar refractivity (Wildman–Crippen MR) is 58.9 cm³/mol. The third-order valence-electron chi connectivity index (χ3n) is 2.74. The molecule has 1 aliphatic heterocycles. The second-order valence-corrected chi connectivity index (χ2v) is 3.88. The van der Waals surface area contributed by atoms with Crippen molar-refractivity contribution in [2.75, 3.05) is 18.5 Å². The fourth-order valence-corrected chi connectivity index (χ4v) is 1.91. The summed E-state index contributed by atoms with van der Waals surface area (Å²) < 4.78 is 5.32. The molecule has 4 nitrogen and oxygen atoms in total. The Bertz CT molecular complexity index is 460. The standard InChI is InChI=1S/C11H13N3O/c1-2-9(13-10-3-4-15-7-10)5-11-8(1)6-12-14-11/h1-2,5-6,10,13H,3-4,7H2,(H,12,14). The minimum atomic E-state index is 0.449. The molecule has 1 aliphatic rings. The molecule has 0 radical (unpaired) electrons. The molecule has 1 aromatic heterocycles. The van der Waals surface area contributed by atoms with Crippen molar-refractivity contribution in [1.82, 2.24) is 10.2 Å². The molecule has 0 spiro atoms. The first kappa shape index (κ1) is 8.73. The summed E-state index contributed by atoms with van der Waals surface area (Å²) in [6.07, 6.45) is 2.92. The molecule has 3 rings (SSSR count). The molecule has 0 aliphatic carbocycles. The first-order valence-electron chi connectivity index (χ1n) is 5.19. The normalized spacial score (nSPS) is 20.9. The average molecular weight is 203 g/mol. The number of rotatable bonds is 2. The number of hydrogen-bond acceptors (Lipinski definition) is 3. The van der Waals surface area contributed by atoms with E-state index in [1.165, 1.54) is 0 Å². The Morgan fingerprint density at radius 2 is 2.47 bits per heavy atom. The van der Waals surface area contributed by atoms with Crippen molar-refractivity contribution < 1.29 is 4.74 Å². The molecule has 0 bridgehead atoms. The highest BCUT2D eigenvalue weighted by molar-refractivity contribution is 5.81. The van der Waals surface area contributed by atoms with Gasteiger partial charge in [0.05, 0.1) is 24.4 Å². The highest BCUT2D eigenvalue weighted by Gasteiger charge is 2.14. The predicted octanol–water partition coefficient (Wildman–Crippen LogP) is 1.76. The van der Waals surface area contributed by atoms with Gasteiger partial charge < -0.3 is 10.1 Å². The maximum atomic E-state index is 5.32. The first-order chi connectivity index (χ1) is 7.42. The van der Waals surface area contributed by atoms with Gasteiger partial charge in [0.2, 0.25) is 0 Å². The fourth-order valence-electron chi connectivity index (χ4n) is 1.91. The third kappa shape index (κ3) is 1.68. The van der Waals surface area contributed by atoms with Crippen molar-refractivity contribution in [2.24, 2.45) is 0 Å². The van der Waals surface area contributed by atoms with Crippen molar-refractivity contribution in [3.8, 4) is 0 Å². The molecule has 2 aromatic rings. The average Bonchev–Trinajstić information content (AvgIpc) is 2.87. The highest BCUT2D eigenvalue weighted by Crippen LogP contribution is 2.19. The topological polar surface area (TPSA) is 49.9 Å². The number of hydrogen-bond donors (Lipinski definition) is 2. The second kappa shape index (κ2) is 3.55. The van der Waals surface area contributed by atoms with E-state index in [9.17, 15) is 0 Å². The van der Waals surface area contributed by atoms with Crippen LogP contribution < -0.4 is 5.32 Å². The Morgan fingerprint density at radius 1 is 1.47 bits per heavy atom.